The third-order valence-electron chi connectivity index (χ3n) is 4.88. The van der Waals surface area contributed by atoms with Crippen LogP contribution in [0.3, 0.4) is 0 Å². The van der Waals surface area contributed by atoms with Crippen LogP contribution in [0.25, 0.3) is 0 Å². The third-order valence-corrected chi connectivity index (χ3v) is 4.88. The summed E-state index contributed by atoms with van der Waals surface area (Å²) in [4.78, 5) is 0. The minimum atomic E-state index is -0.919. The summed E-state index contributed by atoms with van der Waals surface area (Å²) in [6, 6.07) is 3.55. The van der Waals surface area contributed by atoms with E-state index in [9.17, 15) is 14.0 Å². The summed E-state index contributed by atoms with van der Waals surface area (Å²) in [5.41, 5.74) is 0.725. The topological polar surface area (TPSA) is 44.6 Å². The van der Waals surface area contributed by atoms with Gasteiger partial charge in [0.25, 0.3) is 0 Å². The van der Waals surface area contributed by atoms with Crippen LogP contribution in [0.5, 0.6) is 0 Å². The van der Waals surface area contributed by atoms with E-state index in [0.717, 1.165) is 30.9 Å². The van der Waals surface area contributed by atoms with E-state index < -0.39 is 11.6 Å². The molecule has 0 radical (unpaired) electrons. The lowest BCUT2D eigenvalue weighted by molar-refractivity contribution is 0.152. The average Bonchev–Trinajstić information content (AvgIpc) is 2.50. The molecule has 1 saturated carbocycles. The molecule has 0 heterocycles. The number of nitrogens with zero attached hydrogens (tertiary/aromatic N) is 1. The van der Waals surface area contributed by atoms with Crippen LogP contribution in [0.15, 0.2) is 23.4 Å². The standard InChI is InChI=1S/C18H26F2N2O/c1-18(2,3)13-6-4-12(5-7-13)10-17(22-23)21-14-8-9-15(19)16(20)11-14/h8-9,11-13,23H,4-7,10H2,1-3H3,(H,21,22)/t12-,13+. The molecular weight excluding hydrogens is 298 g/mol. The Kier molecular flexibility index (Phi) is 5.60. The van der Waals surface area contributed by atoms with Crippen molar-refractivity contribution in [3.63, 3.8) is 0 Å². The van der Waals surface area contributed by atoms with Crippen molar-refractivity contribution in [3.8, 4) is 0 Å². The smallest absolute Gasteiger partial charge is 0.160 e. The Morgan fingerprint density at radius 1 is 1.17 bits per heavy atom. The Labute approximate surface area is 136 Å². The van der Waals surface area contributed by atoms with Crippen LogP contribution in [0.2, 0.25) is 0 Å². The molecule has 1 aromatic rings. The second kappa shape index (κ2) is 7.28. The number of anilines is 1. The number of rotatable bonds is 3. The molecule has 3 nitrogen and oxygen atoms in total. The number of amidine groups is 1. The van der Waals surface area contributed by atoms with Crippen LogP contribution < -0.4 is 5.32 Å². The molecule has 1 aliphatic carbocycles. The number of nitrogens with one attached hydrogen (secondary N) is 1. The van der Waals surface area contributed by atoms with E-state index in [1.165, 1.54) is 18.9 Å². The van der Waals surface area contributed by atoms with Gasteiger partial charge in [0.1, 0.15) is 5.84 Å². The third kappa shape index (κ3) is 4.91. The quantitative estimate of drug-likeness (QED) is 0.338. The number of benzene rings is 1. The van der Waals surface area contributed by atoms with Crippen LogP contribution >= 0.6 is 0 Å². The monoisotopic (exact) mass is 324 g/mol. The van der Waals surface area contributed by atoms with Crippen molar-refractivity contribution in [3.05, 3.63) is 29.8 Å². The molecule has 2 rings (SSSR count). The number of hydrogen-bond donors (Lipinski definition) is 2. The van der Waals surface area contributed by atoms with Gasteiger partial charge < -0.3 is 10.5 Å². The average molecular weight is 324 g/mol. The molecule has 1 aliphatic rings. The SMILES string of the molecule is CC(C)(C)[C@H]1CC[C@@H](C/C(=N/O)Nc2ccc(F)c(F)c2)CC1. The highest BCUT2D eigenvalue weighted by atomic mass is 19.2. The molecule has 0 saturated heterocycles. The molecule has 1 aromatic carbocycles. The van der Waals surface area contributed by atoms with Crippen LogP contribution in [-0.2, 0) is 0 Å². The van der Waals surface area contributed by atoms with Gasteiger partial charge in [-0.3, -0.25) is 0 Å². The summed E-state index contributed by atoms with van der Waals surface area (Å²) in [5, 5.41) is 15.3. The van der Waals surface area contributed by atoms with Gasteiger partial charge in [-0.25, -0.2) is 8.78 Å². The predicted molar refractivity (Wildman–Crippen MR) is 88.7 cm³/mol. The van der Waals surface area contributed by atoms with Crippen LogP contribution in [0, 0.1) is 28.9 Å². The zero-order chi connectivity index (χ0) is 17.0. The summed E-state index contributed by atoms with van der Waals surface area (Å²) >= 11 is 0. The summed E-state index contributed by atoms with van der Waals surface area (Å²) in [6.07, 6.45) is 5.17. The second-order valence-corrected chi connectivity index (χ2v) is 7.59. The fourth-order valence-corrected chi connectivity index (χ4v) is 3.36. The van der Waals surface area contributed by atoms with Crippen molar-refractivity contribution in [1.82, 2.24) is 0 Å². The van der Waals surface area contributed by atoms with Gasteiger partial charge in [-0.2, -0.15) is 0 Å². The van der Waals surface area contributed by atoms with Gasteiger partial charge >= 0.3 is 0 Å². The zero-order valence-corrected chi connectivity index (χ0v) is 14.1. The number of oxime groups is 1. The van der Waals surface area contributed by atoms with Crippen molar-refractivity contribution < 1.29 is 14.0 Å². The molecule has 0 aliphatic heterocycles. The Bertz CT molecular complexity index is 559. The van der Waals surface area contributed by atoms with Gasteiger partial charge in [-0.1, -0.05) is 25.9 Å². The molecule has 23 heavy (non-hydrogen) atoms. The lowest BCUT2D eigenvalue weighted by Crippen LogP contribution is -2.27. The normalized spacial score (nSPS) is 22.9. The number of hydrogen-bond acceptors (Lipinski definition) is 2. The molecule has 0 aromatic heterocycles. The van der Waals surface area contributed by atoms with E-state index in [1.54, 1.807) is 0 Å². The van der Waals surface area contributed by atoms with Gasteiger partial charge in [0, 0.05) is 18.2 Å². The Balaban J connectivity index is 1.90. The molecule has 0 atom stereocenters. The Morgan fingerprint density at radius 2 is 1.83 bits per heavy atom. The fourth-order valence-electron chi connectivity index (χ4n) is 3.36. The van der Waals surface area contributed by atoms with Gasteiger partial charge in [0.2, 0.25) is 0 Å². The maximum atomic E-state index is 13.2. The van der Waals surface area contributed by atoms with E-state index >= 15 is 0 Å². The van der Waals surface area contributed by atoms with Crippen molar-refractivity contribution in [1.29, 1.82) is 0 Å². The maximum Gasteiger partial charge on any atom is 0.160 e. The van der Waals surface area contributed by atoms with E-state index in [1.807, 2.05) is 0 Å². The summed E-state index contributed by atoms with van der Waals surface area (Å²) in [7, 11) is 0. The van der Waals surface area contributed by atoms with Gasteiger partial charge in [0.15, 0.2) is 11.6 Å². The largest absolute Gasteiger partial charge is 0.409 e. The molecule has 0 unspecified atom stereocenters. The molecule has 0 bridgehead atoms. The lowest BCUT2D eigenvalue weighted by atomic mass is 9.69. The summed E-state index contributed by atoms with van der Waals surface area (Å²) < 4.78 is 26.2. The highest BCUT2D eigenvalue weighted by Crippen LogP contribution is 2.40. The first-order valence-corrected chi connectivity index (χ1v) is 8.22. The maximum absolute atomic E-state index is 13.2. The summed E-state index contributed by atoms with van der Waals surface area (Å²) in [6.45, 7) is 6.84. The van der Waals surface area contributed by atoms with E-state index in [2.05, 4.69) is 31.2 Å². The van der Waals surface area contributed by atoms with Gasteiger partial charge in [0.05, 0.1) is 0 Å². The van der Waals surface area contributed by atoms with Crippen LogP contribution in [0.1, 0.15) is 52.9 Å². The molecule has 1 fully saturated rings. The highest BCUT2D eigenvalue weighted by molar-refractivity contribution is 5.95. The lowest BCUT2D eigenvalue weighted by Gasteiger charge is -2.37. The van der Waals surface area contributed by atoms with Crippen LogP contribution in [-0.4, -0.2) is 11.0 Å². The molecule has 2 N–H and O–H groups in total. The van der Waals surface area contributed by atoms with E-state index in [-0.39, 0.29) is 0 Å². The first-order valence-electron chi connectivity index (χ1n) is 8.22. The molecular formula is C18H26F2N2O. The first-order chi connectivity index (χ1) is 10.8. The molecule has 128 valence electrons. The predicted octanol–water partition coefficient (Wildman–Crippen LogP) is 5.41. The number of halogens is 2. The zero-order valence-electron chi connectivity index (χ0n) is 14.1. The van der Waals surface area contributed by atoms with Gasteiger partial charge in [-0.05, 0) is 55.1 Å². The van der Waals surface area contributed by atoms with Crippen LogP contribution in [0.4, 0.5) is 14.5 Å². The van der Waals surface area contributed by atoms with Crippen molar-refractivity contribution in [2.45, 2.75) is 52.9 Å². The van der Waals surface area contributed by atoms with Crippen molar-refractivity contribution in [2.24, 2.45) is 22.4 Å². The Hall–Kier alpha value is -1.65. The Morgan fingerprint density at radius 3 is 2.35 bits per heavy atom. The highest BCUT2D eigenvalue weighted by Gasteiger charge is 2.30. The van der Waals surface area contributed by atoms with Crippen molar-refractivity contribution in [2.75, 3.05) is 5.32 Å². The fraction of sp³-hybridized carbons (Fsp3) is 0.611. The van der Waals surface area contributed by atoms with Crippen molar-refractivity contribution >= 4 is 11.5 Å². The van der Waals surface area contributed by atoms with Gasteiger partial charge in [-0.15, -0.1) is 0 Å². The van der Waals surface area contributed by atoms with E-state index in [4.69, 9.17) is 0 Å². The molecule has 5 heteroatoms. The molecule has 0 amide bonds. The minimum Gasteiger partial charge on any atom is -0.409 e. The second-order valence-electron chi connectivity index (χ2n) is 7.59. The minimum absolute atomic E-state index is 0.336. The summed E-state index contributed by atoms with van der Waals surface area (Å²) in [5.74, 6) is -0.226. The van der Waals surface area contributed by atoms with E-state index in [0.29, 0.717) is 29.3 Å². The molecule has 0 spiro atoms. The first kappa shape index (κ1) is 17.7.